The lowest BCUT2D eigenvalue weighted by atomic mass is 10.3. The van der Waals surface area contributed by atoms with E-state index in [1.165, 1.54) is 11.1 Å². The second kappa shape index (κ2) is 4.62. The van der Waals surface area contributed by atoms with Gasteiger partial charge in [0.05, 0.1) is 0 Å². The minimum atomic E-state index is -0.773. The topological polar surface area (TPSA) is 63.3 Å². The second-order valence-electron chi connectivity index (χ2n) is 2.87. The lowest BCUT2D eigenvalue weighted by Gasteiger charge is -1.86. The highest BCUT2D eigenvalue weighted by Crippen LogP contribution is 2.32. The monoisotopic (exact) mass is 179 g/mol. The van der Waals surface area contributed by atoms with Gasteiger partial charge in [0, 0.05) is 6.42 Å². The van der Waals surface area contributed by atoms with Crippen LogP contribution in [0.25, 0.3) is 11.1 Å². The van der Waals surface area contributed by atoms with Gasteiger partial charge in [-0.1, -0.05) is 18.2 Å². The van der Waals surface area contributed by atoms with Crippen molar-refractivity contribution in [1.82, 2.24) is 0 Å². The fourth-order valence-corrected chi connectivity index (χ4v) is 0.929. The van der Waals surface area contributed by atoms with Gasteiger partial charge in [0.25, 0.3) is 0 Å². The van der Waals surface area contributed by atoms with Crippen molar-refractivity contribution >= 4 is 5.97 Å². The van der Waals surface area contributed by atoms with Crippen LogP contribution < -0.4 is 5.73 Å². The summed E-state index contributed by atoms with van der Waals surface area (Å²) in [6.07, 6.45) is 0.770. The van der Waals surface area contributed by atoms with Crippen LogP contribution in [0.2, 0.25) is 0 Å². The van der Waals surface area contributed by atoms with E-state index in [0.717, 1.165) is 0 Å². The molecule has 0 saturated heterocycles. The Bertz CT molecular complexity index is 279. The van der Waals surface area contributed by atoms with E-state index in [-0.39, 0.29) is 6.42 Å². The third-order valence-electron chi connectivity index (χ3n) is 1.71. The fourth-order valence-electron chi connectivity index (χ4n) is 0.929. The number of nitrogens with two attached hydrogens (primary N) is 1. The fraction of sp³-hybridized carbons (Fsp3) is 0.300. The van der Waals surface area contributed by atoms with Crippen molar-refractivity contribution in [2.75, 3.05) is 6.54 Å². The molecule has 0 radical (unpaired) electrons. The summed E-state index contributed by atoms with van der Waals surface area (Å²) in [7, 11) is 0. The van der Waals surface area contributed by atoms with Crippen LogP contribution in [0.15, 0.2) is 24.3 Å². The van der Waals surface area contributed by atoms with Gasteiger partial charge in [0.15, 0.2) is 0 Å². The number of benzene rings is 1. The molecule has 0 aromatic rings. The van der Waals surface area contributed by atoms with Gasteiger partial charge >= 0.3 is 5.97 Å². The largest absolute Gasteiger partial charge is 0.481 e. The number of rotatable bonds is 3. The van der Waals surface area contributed by atoms with E-state index in [4.69, 9.17) is 10.8 Å². The van der Waals surface area contributed by atoms with Gasteiger partial charge in [-0.25, -0.2) is 0 Å². The van der Waals surface area contributed by atoms with Crippen molar-refractivity contribution < 1.29 is 9.90 Å². The molecule has 3 nitrogen and oxygen atoms in total. The van der Waals surface area contributed by atoms with Gasteiger partial charge in [-0.15, -0.1) is 0 Å². The minimum Gasteiger partial charge on any atom is -0.481 e. The highest BCUT2D eigenvalue weighted by molar-refractivity contribution is 5.80. The Morgan fingerprint density at radius 2 is 2.00 bits per heavy atom. The van der Waals surface area contributed by atoms with E-state index in [1.54, 1.807) is 0 Å². The average molecular weight is 179 g/mol. The van der Waals surface area contributed by atoms with Gasteiger partial charge in [-0.05, 0) is 30.2 Å². The molecule has 70 valence electrons. The molecule has 0 aromatic carbocycles. The minimum absolute atomic E-state index is 0.191. The van der Waals surface area contributed by atoms with Crippen LogP contribution >= 0.6 is 0 Å². The van der Waals surface area contributed by atoms with Crippen molar-refractivity contribution in [3.63, 3.8) is 0 Å². The number of hydrogen-bond donors (Lipinski definition) is 2. The maximum absolute atomic E-state index is 9.70. The summed E-state index contributed by atoms with van der Waals surface area (Å²) in [6.45, 7) is 0.465. The number of aliphatic carboxylic acids is 1. The number of hydrogen-bond acceptors (Lipinski definition) is 2. The van der Waals surface area contributed by atoms with E-state index in [2.05, 4.69) is 24.3 Å². The lowest BCUT2D eigenvalue weighted by molar-refractivity contribution is -0.137. The van der Waals surface area contributed by atoms with Crippen molar-refractivity contribution in [1.29, 1.82) is 0 Å². The van der Waals surface area contributed by atoms with Crippen molar-refractivity contribution in [2.45, 2.75) is 12.8 Å². The Kier molecular flexibility index (Phi) is 3.46. The number of fused-ring (bicyclic) bond motifs is 1. The summed E-state index contributed by atoms with van der Waals surface area (Å²) in [5.41, 5.74) is 7.87. The van der Waals surface area contributed by atoms with E-state index in [0.29, 0.717) is 13.0 Å². The Morgan fingerprint density at radius 1 is 1.38 bits per heavy atom. The van der Waals surface area contributed by atoms with Crippen LogP contribution in [0.5, 0.6) is 0 Å². The first kappa shape index (κ1) is 9.74. The molecule has 0 atom stereocenters. The molecule has 0 unspecified atom stereocenters. The molecule has 2 aliphatic rings. The number of carbonyl (C=O) groups is 1. The summed E-state index contributed by atoms with van der Waals surface area (Å²) >= 11 is 0. The number of carboxylic acid groups (broad SMARTS) is 1. The third kappa shape index (κ3) is 3.71. The van der Waals surface area contributed by atoms with Crippen LogP contribution in [0.1, 0.15) is 12.8 Å². The normalized spacial score (nSPS) is 9.92. The van der Waals surface area contributed by atoms with Gasteiger partial charge in [0.2, 0.25) is 0 Å². The highest BCUT2D eigenvalue weighted by atomic mass is 16.4. The second-order valence-corrected chi connectivity index (χ2v) is 2.87. The Balaban J connectivity index is 0.000000130. The molecule has 0 aliphatic heterocycles. The van der Waals surface area contributed by atoms with Crippen LogP contribution in [0, 0.1) is 0 Å². The van der Waals surface area contributed by atoms with E-state index in [1.807, 2.05) is 0 Å². The number of carboxylic acids is 1. The summed E-state index contributed by atoms with van der Waals surface area (Å²) in [6, 6.07) is 8.48. The van der Waals surface area contributed by atoms with Crippen LogP contribution in [-0.4, -0.2) is 17.6 Å². The molecule has 0 heterocycles. The maximum Gasteiger partial charge on any atom is 0.303 e. The quantitative estimate of drug-likeness (QED) is 0.750. The van der Waals surface area contributed by atoms with E-state index < -0.39 is 5.97 Å². The molecule has 0 fully saturated rings. The van der Waals surface area contributed by atoms with E-state index >= 15 is 0 Å². The summed E-state index contributed by atoms with van der Waals surface area (Å²) in [5, 5.41) is 7.99. The predicted molar refractivity (Wildman–Crippen MR) is 51.4 cm³/mol. The van der Waals surface area contributed by atoms with Gasteiger partial charge in [-0.2, -0.15) is 0 Å². The molecular formula is C10H13NO2. The molecule has 3 heteroatoms. The zero-order valence-corrected chi connectivity index (χ0v) is 7.36. The third-order valence-corrected chi connectivity index (χ3v) is 1.71. The van der Waals surface area contributed by atoms with Crippen molar-refractivity contribution in [2.24, 2.45) is 5.73 Å². The SMILES string of the molecule is NCCCC(=O)O.c1cc2cc-2c1. The predicted octanol–water partition coefficient (Wildman–Crippen LogP) is 1.48. The molecule has 0 amide bonds. The smallest absolute Gasteiger partial charge is 0.303 e. The average Bonchev–Trinajstić information content (AvgIpc) is 2.72. The Morgan fingerprint density at radius 3 is 2.15 bits per heavy atom. The highest BCUT2D eigenvalue weighted by Gasteiger charge is 2.06. The molecule has 3 N–H and O–H groups in total. The van der Waals surface area contributed by atoms with Crippen molar-refractivity contribution in [3.05, 3.63) is 24.3 Å². The molecule has 2 rings (SSSR count). The first-order valence-electron chi connectivity index (χ1n) is 4.26. The molecule has 0 aromatic heterocycles. The van der Waals surface area contributed by atoms with Gasteiger partial charge in [-0.3, -0.25) is 4.79 Å². The molecular weight excluding hydrogens is 166 g/mol. The summed E-state index contributed by atoms with van der Waals surface area (Å²) in [4.78, 5) is 9.70. The van der Waals surface area contributed by atoms with Crippen LogP contribution in [0.4, 0.5) is 0 Å². The van der Waals surface area contributed by atoms with Gasteiger partial charge in [0.1, 0.15) is 0 Å². The zero-order valence-electron chi connectivity index (χ0n) is 7.36. The maximum atomic E-state index is 9.70. The Labute approximate surface area is 77.2 Å². The lowest BCUT2D eigenvalue weighted by Crippen LogP contribution is -2.02. The van der Waals surface area contributed by atoms with Crippen LogP contribution in [-0.2, 0) is 4.79 Å². The molecule has 0 saturated carbocycles. The first-order chi connectivity index (χ1) is 6.24. The molecule has 2 aliphatic carbocycles. The molecule has 13 heavy (non-hydrogen) atoms. The summed E-state index contributed by atoms with van der Waals surface area (Å²) < 4.78 is 0. The standard InChI is InChI=1S/C6H4.C4H9NO2/c1-2-5-4-6(5)3-1;5-3-1-2-4(6)7/h1-4H;1-3,5H2,(H,6,7). The molecule has 0 spiro atoms. The van der Waals surface area contributed by atoms with E-state index in [9.17, 15) is 4.79 Å². The molecule has 0 bridgehead atoms. The Hall–Kier alpha value is -1.35. The first-order valence-corrected chi connectivity index (χ1v) is 4.26. The van der Waals surface area contributed by atoms with Gasteiger partial charge < -0.3 is 10.8 Å². The van der Waals surface area contributed by atoms with Crippen LogP contribution in [0.3, 0.4) is 0 Å². The zero-order chi connectivity index (χ0) is 9.68. The summed E-state index contributed by atoms with van der Waals surface area (Å²) in [5.74, 6) is -0.773. The van der Waals surface area contributed by atoms with Crippen molar-refractivity contribution in [3.8, 4) is 11.1 Å².